The number of rotatable bonds is 11. The maximum absolute atomic E-state index is 13.4. The van der Waals surface area contributed by atoms with Gasteiger partial charge in [-0.3, -0.25) is 14.4 Å². The van der Waals surface area contributed by atoms with Crippen LogP contribution in [0.4, 0.5) is 0 Å². The molecule has 1 aromatic rings. The number of nitrogens with one attached hydrogen (secondary N) is 2. The van der Waals surface area contributed by atoms with Crippen molar-refractivity contribution in [3.05, 3.63) is 29.8 Å². The number of aromatic hydroxyl groups is 1. The van der Waals surface area contributed by atoms with E-state index in [9.17, 15) is 19.5 Å². The van der Waals surface area contributed by atoms with Crippen molar-refractivity contribution < 1.29 is 19.5 Å². The summed E-state index contributed by atoms with van der Waals surface area (Å²) in [7, 11) is 4.13. The van der Waals surface area contributed by atoms with Crippen LogP contribution >= 0.6 is 0 Å². The predicted molar refractivity (Wildman–Crippen MR) is 131 cm³/mol. The van der Waals surface area contributed by atoms with Crippen molar-refractivity contribution in [2.45, 2.75) is 70.5 Å². The summed E-state index contributed by atoms with van der Waals surface area (Å²) in [6, 6.07) is 4.84. The first-order chi connectivity index (χ1) is 16.2. The van der Waals surface area contributed by atoms with E-state index >= 15 is 0 Å². The van der Waals surface area contributed by atoms with Crippen LogP contribution in [0.15, 0.2) is 24.3 Å². The van der Waals surface area contributed by atoms with Crippen LogP contribution in [0.2, 0.25) is 0 Å². The fraction of sp³-hybridized carbons (Fsp3) is 0.654. The van der Waals surface area contributed by atoms with E-state index in [2.05, 4.69) is 29.6 Å². The van der Waals surface area contributed by atoms with Crippen LogP contribution in [0, 0.1) is 11.8 Å². The van der Waals surface area contributed by atoms with Gasteiger partial charge in [-0.2, -0.15) is 0 Å². The average Bonchev–Trinajstić information content (AvgIpc) is 3.18. The number of fused-ring (bicyclic) bond motifs is 1. The number of carbonyl (C=O) groups is 3. The molecule has 0 unspecified atom stereocenters. The Morgan fingerprint density at radius 3 is 2.47 bits per heavy atom. The highest BCUT2D eigenvalue weighted by Gasteiger charge is 2.54. The Morgan fingerprint density at radius 2 is 1.82 bits per heavy atom. The van der Waals surface area contributed by atoms with Gasteiger partial charge >= 0.3 is 0 Å². The molecule has 1 aromatic carbocycles. The summed E-state index contributed by atoms with van der Waals surface area (Å²) < 4.78 is 0. The molecule has 4 atom stereocenters. The van der Waals surface area contributed by atoms with E-state index in [0.717, 1.165) is 37.8 Å². The molecule has 8 nitrogen and oxygen atoms in total. The van der Waals surface area contributed by atoms with Gasteiger partial charge in [0.05, 0.1) is 12.0 Å². The third-order valence-electron chi connectivity index (χ3n) is 6.78. The van der Waals surface area contributed by atoms with Crippen LogP contribution in [0.3, 0.4) is 0 Å². The number of amides is 3. The Labute approximate surface area is 203 Å². The lowest BCUT2D eigenvalue weighted by molar-refractivity contribution is -0.150. The molecule has 0 radical (unpaired) electrons. The molecule has 2 aliphatic rings. The van der Waals surface area contributed by atoms with E-state index in [1.165, 1.54) is 0 Å². The summed E-state index contributed by atoms with van der Waals surface area (Å²) in [6.07, 6.45) is 5.06. The minimum atomic E-state index is -0.656. The Balaban J connectivity index is 1.72. The number of piperazine rings is 1. The largest absolute Gasteiger partial charge is 0.508 e. The zero-order chi connectivity index (χ0) is 24.8. The molecule has 2 fully saturated rings. The first kappa shape index (κ1) is 26.0. The van der Waals surface area contributed by atoms with Crippen molar-refractivity contribution in [1.82, 2.24) is 20.4 Å². The van der Waals surface area contributed by atoms with Gasteiger partial charge in [0.15, 0.2) is 0 Å². The minimum absolute atomic E-state index is 0.119. The Morgan fingerprint density at radius 1 is 1.15 bits per heavy atom. The maximum atomic E-state index is 13.4. The second-order valence-electron chi connectivity index (χ2n) is 10.3. The van der Waals surface area contributed by atoms with Crippen molar-refractivity contribution in [3.8, 4) is 5.75 Å². The summed E-state index contributed by atoms with van der Waals surface area (Å²) in [6.45, 7) is 5.68. The molecule has 0 aliphatic carbocycles. The van der Waals surface area contributed by atoms with E-state index in [1.807, 2.05) is 13.8 Å². The molecule has 0 saturated carbocycles. The molecule has 8 heteroatoms. The molecule has 188 valence electrons. The molecule has 2 saturated heterocycles. The molecule has 0 bridgehead atoms. The maximum Gasteiger partial charge on any atom is 0.246 e. The molecule has 0 aromatic heterocycles. The number of hydrogen-bond acceptors (Lipinski definition) is 5. The number of benzene rings is 1. The third kappa shape index (κ3) is 6.29. The number of unbranched alkanes of at least 4 members (excludes halogenated alkanes) is 3. The first-order valence-electron chi connectivity index (χ1n) is 12.5. The topological polar surface area (TPSA) is 102 Å². The third-order valence-corrected chi connectivity index (χ3v) is 6.78. The Hall–Kier alpha value is -2.61. The van der Waals surface area contributed by atoms with Crippen molar-refractivity contribution in [1.29, 1.82) is 0 Å². The molecule has 2 heterocycles. The fourth-order valence-corrected chi connectivity index (χ4v) is 5.10. The van der Waals surface area contributed by atoms with Gasteiger partial charge in [-0.25, -0.2) is 0 Å². The molecule has 3 rings (SSSR count). The van der Waals surface area contributed by atoms with Gasteiger partial charge in [0.25, 0.3) is 0 Å². The SMILES string of the molecule is CC(C)C[C@@H]1NC(=O)[C@H]2C[C@@H](C(=O)NCCCCCCN(C)C)[C@@H](c3ccc(O)cc3)N2C1=O. The summed E-state index contributed by atoms with van der Waals surface area (Å²) in [4.78, 5) is 43.4. The van der Waals surface area contributed by atoms with Gasteiger partial charge in [0.1, 0.15) is 17.8 Å². The first-order valence-corrected chi connectivity index (χ1v) is 12.5. The van der Waals surface area contributed by atoms with E-state index < -0.39 is 24.0 Å². The molecule has 0 spiro atoms. The van der Waals surface area contributed by atoms with E-state index in [0.29, 0.717) is 19.4 Å². The average molecular weight is 473 g/mol. The molecule has 3 amide bonds. The lowest BCUT2D eigenvalue weighted by Gasteiger charge is -2.39. The zero-order valence-electron chi connectivity index (χ0n) is 20.9. The molecule has 2 aliphatic heterocycles. The van der Waals surface area contributed by atoms with Crippen LogP contribution in [0.25, 0.3) is 0 Å². The smallest absolute Gasteiger partial charge is 0.246 e. The van der Waals surface area contributed by atoms with Crippen molar-refractivity contribution >= 4 is 17.7 Å². The number of carbonyl (C=O) groups excluding carboxylic acids is 3. The van der Waals surface area contributed by atoms with Crippen LogP contribution < -0.4 is 10.6 Å². The predicted octanol–water partition coefficient (Wildman–Crippen LogP) is 2.43. The van der Waals surface area contributed by atoms with Crippen molar-refractivity contribution in [2.24, 2.45) is 11.8 Å². The summed E-state index contributed by atoms with van der Waals surface area (Å²) >= 11 is 0. The Kier molecular flexibility index (Phi) is 8.94. The number of phenolic OH excluding ortho intramolecular Hbond substituents is 1. The molecule has 34 heavy (non-hydrogen) atoms. The highest BCUT2D eigenvalue weighted by Crippen LogP contribution is 2.43. The zero-order valence-corrected chi connectivity index (χ0v) is 20.9. The second kappa shape index (κ2) is 11.7. The molecular weight excluding hydrogens is 432 g/mol. The molecule has 3 N–H and O–H groups in total. The van der Waals surface area contributed by atoms with Crippen LogP contribution in [-0.2, 0) is 14.4 Å². The van der Waals surface area contributed by atoms with Crippen LogP contribution in [0.1, 0.15) is 64.0 Å². The number of hydrogen-bond donors (Lipinski definition) is 3. The normalized spacial score (nSPS) is 24.5. The highest BCUT2D eigenvalue weighted by molar-refractivity contribution is 5.99. The van der Waals surface area contributed by atoms with E-state index in [4.69, 9.17) is 0 Å². The van der Waals surface area contributed by atoms with Crippen molar-refractivity contribution in [3.63, 3.8) is 0 Å². The van der Waals surface area contributed by atoms with Gasteiger partial charge in [-0.05, 0) is 69.9 Å². The lowest BCUT2D eigenvalue weighted by Crippen LogP contribution is -2.61. The Bertz CT molecular complexity index is 855. The van der Waals surface area contributed by atoms with E-state index in [-0.39, 0.29) is 29.4 Å². The number of phenols is 1. The monoisotopic (exact) mass is 472 g/mol. The van der Waals surface area contributed by atoms with Crippen molar-refractivity contribution in [2.75, 3.05) is 27.2 Å². The van der Waals surface area contributed by atoms with Crippen LogP contribution in [-0.4, -0.2) is 71.9 Å². The summed E-state index contributed by atoms with van der Waals surface area (Å²) in [5, 5.41) is 15.7. The summed E-state index contributed by atoms with van der Waals surface area (Å²) in [5.41, 5.74) is 0.760. The summed E-state index contributed by atoms with van der Waals surface area (Å²) in [5.74, 6) is -0.596. The molecular formula is C26H40N4O4. The quantitative estimate of drug-likeness (QED) is 0.430. The van der Waals surface area contributed by atoms with Gasteiger partial charge in [0, 0.05) is 6.54 Å². The number of nitrogens with zero attached hydrogens (tertiary/aromatic N) is 2. The minimum Gasteiger partial charge on any atom is -0.508 e. The van der Waals surface area contributed by atoms with Gasteiger partial charge in [0.2, 0.25) is 17.7 Å². The van der Waals surface area contributed by atoms with Gasteiger partial charge in [-0.1, -0.05) is 38.8 Å². The van der Waals surface area contributed by atoms with E-state index in [1.54, 1.807) is 29.2 Å². The second-order valence-corrected chi connectivity index (χ2v) is 10.3. The van der Waals surface area contributed by atoms with Gasteiger partial charge < -0.3 is 25.5 Å². The lowest BCUT2D eigenvalue weighted by atomic mass is 9.92. The van der Waals surface area contributed by atoms with Gasteiger partial charge in [-0.15, -0.1) is 0 Å². The van der Waals surface area contributed by atoms with Crippen LogP contribution in [0.5, 0.6) is 5.75 Å². The highest BCUT2D eigenvalue weighted by atomic mass is 16.3. The fourth-order valence-electron chi connectivity index (χ4n) is 5.10. The standard InChI is InChI=1S/C26H40N4O4/c1-17(2)15-21-26(34)30-22(25(33)28-21)16-20(23(30)18-9-11-19(31)12-10-18)24(32)27-13-7-5-6-8-14-29(3)4/h9-12,17,20-23,31H,5-8,13-16H2,1-4H3,(H,27,32)(H,28,33)/t20-,21+,22-,23-/m1/s1.